The van der Waals surface area contributed by atoms with Gasteiger partial charge in [0.05, 0.1) is 5.69 Å². The Morgan fingerprint density at radius 3 is 2.63 bits per heavy atom. The predicted octanol–water partition coefficient (Wildman–Crippen LogP) is 3.02. The maximum Gasteiger partial charge on any atom is 0.339 e. The summed E-state index contributed by atoms with van der Waals surface area (Å²) in [7, 11) is 0. The van der Waals surface area contributed by atoms with Crippen molar-refractivity contribution in [2.75, 3.05) is 0 Å². The summed E-state index contributed by atoms with van der Waals surface area (Å²) in [6, 6.07) is 4.28. The highest BCUT2D eigenvalue weighted by molar-refractivity contribution is 5.97. The third-order valence-electron chi connectivity index (χ3n) is 3.18. The molecule has 0 unspecified atom stereocenters. The lowest BCUT2D eigenvalue weighted by molar-refractivity contribution is 0.0693. The van der Waals surface area contributed by atoms with Gasteiger partial charge in [0.2, 0.25) is 0 Å². The van der Waals surface area contributed by atoms with Gasteiger partial charge >= 0.3 is 5.97 Å². The van der Waals surface area contributed by atoms with Gasteiger partial charge in [-0.05, 0) is 26.8 Å². The van der Waals surface area contributed by atoms with E-state index >= 15 is 0 Å². The number of aromatic nitrogens is 2. The molecule has 1 heterocycles. The van der Waals surface area contributed by atoms with Crippen molar-refractivity contribution in [1.82, 2.24) is 9.78 Å². The van der Waals surface area contributed by atoms with Crippen molar-refractivity contribution in [2.24, 2.45) is 0 Å². The Bertz CT molecular complexity index is 647. The first kappa shape index (κ1) is 13.3. The SMILES string of the molecule is CCn1nc(C)c(-c2cccc(F)c2C(=O)O)c1C. The van der Waals surface area contributed by atoms with Crippen LogP contribution < -0.4 is 0 Å². The number of halogens is 1. The van der Waals surface area contributed by atoms with Gasteiger partial charge in [-0.15, -0.1) is 0 Å². The Morgan fingerprint density at radius 1 is 1.42 bits per heavy atom. The molecule has 1 aromatic carbocycles. The van der Waals surface area contributed by atoms with Crippen molar-refractivity contribution in [1.29, 1.82) is 0 Å². The number of aryl methyl sites for hydroxylation is 2. The fraction of sp³-hybridized carbons (Fsp3) is 0.286. The van der Waals surface area contributed by atoms with Gasteiger partial charge in [0.15, 0.2) is 0 Å². The molecule has 1 aromatic heterocycles. The molecule has 0 aliphatic carbocycles. The summed E-state index contributed by atoms with van der Waals surface area (Å²) >= 11 is 0. The Labute approximate surface area is 110 Å². The quantitative estimate of drug-likeness (QED) is 0.925. The molecule has 0 fully saturated rings. The summed E-state index contributed by atoms with van der Waals surface area (Å²) in [5.74, 6) is -2.00. The highest BCUT2D eigenvalue weighted by atomic mass is 19.1. The molecule has 4 nitrogen and oxygen atoms in total. The Balaban J connectivity index is 2.76. The number of hydrogen-bond acceptors (Lipinski definition) is 2. The van der Waals surface area contributed by atoms with Gasteiger partial charge < -0.3 is 5.11 Å². The van der Waals surface area contributed by atoms with Crippen LogP contribution in [0.1, 0.15) is 28.7 Å². The van der Waals surface area contributed by atoms with Crippen LogP contribution in [0, 0.1) is 19.7 Å². The van der Waals surface area contributed by atoms with E-state index < -0.39 is 11.8 Å². The summed E-state index contributed by atoms with van der Waals surface area (Å²) in [4.78, 5) is 11.2. The molecule has 1 N–H and O–H groups in total. The van der Waals surface area contributed by atoms with Crippen LogP contribution in [-0.2, 0) is 6.54 Å². The molecular weight excluding hydrogens is 247 g/mol. The molecule has 0 radical (unpaired) electrons. The van der Waals surface area contributed by atoms with Crippen molar-refractivity contribution >= 4 is 5.97 Å². The molecule has 0 saturated heterocycles. The molecule has 2 rings (SSSR count). The minimum Gasteiger partial charge on any atom is -0.478 e. The van der Waals surface area contributed by atoms with E-state index in [1.54, 1.807) is 17.7 Å². The van der Waals surface area contributed by atoms with E-state index in [1.165, 1.54) is 6.07 Å². The first-order valence-electron chi connectivity index (χ1n) is 6.03. The third kappa shape index (κ3) is 2.12. The van der Waals surface area contributed by atoms with Crippen molar-refractivity contribution in [3.05, 3.63) is 41.0 Å². The zero-order valence-corrected chi connectivity index (χ0v) is 11.1. The highest BCUT2D eigenvalue weighted by Gasteiger charge is 2.21. The van der Waals surface area contributed by atoms with Gasteiger partial charge in [-0.3, -0.25) is 4.68 Å². The summed E-state index contributed by atoms with van der Waals surface area (Å²) in [6.07, 6.45) is 0. The fourth-order valence-corrected chi connectivity index (χ4v) is 2.34. The van der Waals surface area contributed by atoms with E-state index in [9.17, 15) is 14.3 Å². The summed E-state index contributed by atoms with van der Waals surface area (Å²) < 4.78 is 15.5. The zero-order valence-electron chi connectivity index (χ0n) is 11.1. The minimum atomic E-state index is -1.27. The number of rotatable bonds is 3. The molecule has 0 aliphatic heterocycles. The normalized spacial score (nSPS) is 10.7. The summed E-state index contributed by atoms with van der Waals surface area (Å²) in [5, 5.41) is 13.5. The number of hydrogen-bond donors (Lipinski definition) is 1. The van der Waals surface area contributed by atoms with Gasteiger partial charge in [-0.2, -0.15) is 5.10 Å². The topological polar surface area (TPSA) is 55.1 Å². The number of carboxylic acids is 1. The number of carboxylic acid groups (broad SMARTS) is 1. The zero-order chi connectivity index (χ0) is 14.2. The summed E-state index contributed by atoms with van der Waals surface area (Å²) in [5.41, 5.74) is 2.31. The Hall–Kier alpha value is -2.17. The van der Waals surface area contributed by atoms with E-state index in [0.717, 1.165) is 11.8 Å². The second kappa shape index (κ2) is 4.84. The molecule has 0 spiro atoms. The van der Waals surface area contributed by atoms with Gasteiger partial charge in [-0.1, -0.05) is 12.1 Å². The first-order valence-corrected chi connectivity index (χ1v) is 6.03. The molecule has 0 aliphatic rings. The van der Waals surface area contributed by atoms with Gasteiger partial charge in [0.25, 0.3) is 0 Å². The van der Waals surface area contributed by atoms with Crippen LogP contribution in [-0.4, -0.2) is 20.9 Å². The Morgan fingerprint density at radius 2 is 2.11 bits per heavy atom. The van der Waals surface area contributed by atoms with Crippen molar-refractivity contribution in [3.8, 4) is 11.1 Å². The van der Waals surface area contributed by atoms with Gasteiger partial charge in [0.1, 0.15) is 11.4 Å². The van der Waals surface area contributed by atoms with Crippen molar-refractivity contribution in [3.63, 3.8) is 0 Å². The monoisotopic (exact) mass is 262 g/mol. The van der Waals surface area contributed by atoms with Crippen LogP contribution in [0.4, 0.5) is 4.39 Å². The number of benzene rings is 1. The molecule has 0 saturated carbocycles. The number of carbonyl (C=O) groups is 1. The van der Waals surface area contributed by atoms with Crippen LogP contribution in [0.5, 0.6) is 0 Å². The molecule has 19 heavy (non-hydrogen) atoms. The van der Waals surface area contributed by atoms with Crippen LogP contribution in [0.15, 0.2) is 18.2 Å². The van der Waals surface area contributed by atoms with Crippen LogP contribution in [0.3, 0.4) is 0 Å². The molecule has 0 amide bonds. The lowest BCUT2D eigenvalue weighted by Crippen LogP contribution is -2.04. The average Bonchev–Trinajstić information content (AvgIpc) is 2.63. The highest BCUT2D eigenvalue weighted by Crippen LogP contribution is 2.31. The third-order valence-corrected chi connectivity index (χ3v) is 3.18. The molecule has 0 bridgehead atoms. The van der Waals surface area contributed by atoms with E-state index in [-0.39, 0.29) is 5.56 Å². The number of nitrogens with zero attached hydrogens (tertiary/aromatic N) is 2. The maximum absolute atomic E-state index is 13.7. The van der Waals surface area contributed by atoms with E-state index in [4.69, 9.17) is 0 Å². The smallest absolute Gasteiger partial charge is 0.339 e. The second-order valence-corrected chi connectivity index (χ2v) is 4.33. The van der Waals surface area contributed by atoms with Crippen molar-refractivity contribution < 1.29 is 14.3 Å². The van der Waals surface area contributed by atoms with Crippen LogP contribution in [0.2, 0.25) is 0 Å². The first-order chi connectivity index (χ1) is 8.97. The molecule has 2 aromatic rings. The molecule has 100 valence electrons. The van der Waals surface area contributed by atoms with Gasteiger partial charge in [-0.25, -0.2) is 9.18 Å². The standard InChI is InChI=1S/C14H15FN2O2/c1-4-17-9(3)12(8(2)16-17)10-6-5-7-11(15)13(10)14(18)19/h5-7H,4H2,1-3H3,(H,18,19). The molecule has 5 heteroatoms. The predicted molar refractivity (Wildman–Crippen MR) is 69.7 cm³/mol. The second-order valence-electron chi connectivity index (χ2n) is 4.33. The minimum absolute atomic E-state index is 0.302. The lowest BCUT2D eigenvalue weighted by Gasteiger charge is -2.08. The van der Waals surface area contributed by atoms with E-state index in [1.807, 2.05) is 13.8 Å². The van der Waals surface area contributed by atoms with E-state index in [2.05, 4.69) is 5.10 Å². The maximum atomic E-state index is 13.7. The Kier molecular flexibility index (Phi) is 3.38. The largest absolute Gasteiger partial charge is 0.478 e. The molecular formula is C14H15FN2O2. The van der Waals surface area contributed by atoms with Crippen molar-refractivity contribution in [2.45, 2.75) is 27.3 Å². The lowest BCUT2D eigenvalue weighted by atomic mass is 9.97. The molecule has 0 atom stereocenters. The van der Waals surface area contributed by atoms with Crippen LogP contribution in [0.25, 0.3) is 11.1 Å². The fourth-order valence-electron chi connectivity index (χ4n) is 2.34. The van der Waals surface area contributed by atoms with E-state index in [0.29, 0.717) is 23.4 Å². The number of aromatic carboxylic acids is 1. The average molecular weight is 262 g/mol. The van der Waals surface area contributed by atoms with Gasteiger partial charge in [0, 0.05) is 23.4 Å². The van der Waals surface area contributed by atoms with Crippen LogP contribution >= 0.6 is 0 Å². The summed E-state index contributed by atoms with van der Waals surface area (Å²) in [6.45, 7) is 6.29.